The third-order valence-corrected chi connectivity index (χ3v) is 4.53. The Hall–Kier alpha value is -1.32. The number of benzene rings is 1. The van der Waals surface area contributed by atoms with Crippen LogP contribution in [0.3, 0.4) is 0 Å². The van der Waals surface area contributed by atoms with E-state index in [0.29, 0.717) is 6.61 Å². The van der Waals surface area contributed by atoms with Crippen LogP contribution in [-0.2, 0) is 12.8 Å². The van der Waals surface area contributed by atoms with Gasteiger partial charge in [0.05, 0.1) is 12.7 Å². The average Bonchev–Trinajstić information content (AvgIpc) is 2.92. The van der Waals surface area contributed by atoms with Crippen LogP contribution in [0, 0.1) is 0 Å². The van der Waals surface area contributed by atoms with Gasteiger partial charge in [-0.2, -0.15) is 0 Å². The fraction of sp³-hybridized carbons (Fsp3) is 0.375. The number of hydrogen-bond acceptors (Lipinski definition) is 3. The van der Waals surface area contributed by atoms with Crippen molar-refractivity contribution in [2.24, 2.45) is 0 Å². The molecule has 0 saturated heterocycles. The molecule has 0 aliphatic heterocycles. The summed E-state index contributed by atoms with van der Waals surface area (Å²) in [5, 5.41) is 12.0. The van der Waals surface area contributed by atoms with Crippen molar-refractivity contribution in [3.05, 3.63) is 51.7 Å². The summed E-state index contributed by atoms with van der Waals surface area (Å²) in [6, 6.07) is 10.3. The van der Waals surface area contributed by atoms with Gasteiger partial charge in [-0.15, -0.1) is 11.3 Å². The molecule has 0 amide bonds. The molecule has 1 aliphatic carbocycles. The van der Waals surface area contributed by atoms with Gasteiger partial charge in [-0.1, -0.05) is 12.1 Å². The van der Waals surface area contributed by atoms with Gasteiger partial charge in [-0.05, 0) is 54.0 Å². The molecule has 1 N–H and O–H groups in total. The summed E-state index contributed by atoms with van der Waals surface area (Å²) < 4.78 is 5.81. The van der Waals surface area contributed by atoms with Gasteiger partial charge in [-0.25, -0.2) is 0 Å². The first-order valence-electron chi connectivity index (χ1n) is 6.79. The van der Waals surface area contributed by atoms with Crippen LogP contribution in [0.2, 0.25) is 0 Å². The highest BCUT2D eigenvalue weighted by atomic mass is 32.1. The first-order valence-corrected chi connectivity index (χ1v) is 7.67. The molecule has 1 heterocycles. The topological polar surface area (TPSA) is 29.5 Å². The van der Waals surface area contributed by atoms with Crippen molar-refractivity contribution in [2.75, 3.05) is 6.61 Å². The van der Waals surface area contributed by atoms with Gasteiger partial charge in [0.2, 0.25) is 0 Å². The van der Waals surface area contributed by atoms with Crippen LogP contribution >= 0.6 is 11.3 Å². The van der Waals surface area contributed by atoms with E-state index in [1.165, 1.54) is 10.4 Å². The third-order valence-electron chi connectivity index (χ3n) is 3.59. The standard InChI is InChI=1S/C16H18O2S/c17-16-5-1-3-12-11-13(6-7-15(12)16)18-9-8-14-4-2-10-19-14/h2,4,6-7,10-11,16-17H,1,3,5,8-9H2. The summed E-state index contributed by atoms with van der Waals surface area (Å²) >= 11 is 1.77. The average molecular weight is 274 g/mol. The summed E-state index contributed by atoms with van der Waals surface area (Å²) in [6.45, 7) is 0.710. The Morgan fingerprint density at radius 1 is 1.32 bits per heavy atom. The zero-order valence-electron chi connectivity index (χ0n) is 10.8. The minimum atomic E-state index is -0.288. The van der Waals surface area contributed by atoms with Crippen molar-refractivity contribution in [3.63, 3.8) is 0 Å². The summed E-state index contributed by atoms with van der Waals surface area (Å²) in [4.78, 5) is 1.35. The van der Waals surface area contributed by atoms with Gasteiger partial charge in [0.15, 0.2) is 0 Å². The Kier molecular flexibility index (Phi) is 3.85. The van der Waals surface area contributed by atoms with Crippen LogP contribution in [0.15, 0.2) is 35.7 Å². The number of thiophene rings is 1. The molecule has 2 aromatic rings. The van der Waals surface area contributed by atoms with Crippen LogP contribution in [0.25, 0.3) is 0 Å². The maximum Gasteiger partial charge on any atom is 0.119 e. The van der Waals surface area contributed by atoms with E-state index in [2.05, 4.69) is 23.6 Å². The lowest BCUT2D eigenvalue weighted by atomic mass is 9.89. The van der Waals surface area contributed by atoms with E-state index in [1.54, 1.807) is 11.3 Å². The van der Waals surface area contributed by atoms with Crippen molar-refractivity contribution >= 4 is 11.3 Å². The molecular formula is C16H18O2S. The first-order chi connectivity index (χ1) is 9.33. The molecular weight excluding hydrogens is 256 g/mol. The number of aryl methyl sites for hydroxylation is 1. The molecule has 2 nitrogen and oxygen atoms in total. The Labute approximate surface area is 117 Å². The normalized spacial score (nSPS) is 18.1. The lowest BCUT2D eigenvalue weighted by Crippen LogP contribution is -2.09. The van der Waals surface area contributed by atoms with Gasteiger partial charge in [0.1, 0.15) is 5.75 Å². The monoisotopic (exact) mass is 274 g/mol. The Morgan fingerprint density at radius 2 is 2.26 bits per heavy atom. The van der Waals surface area contributed by atoms with E-state index < -0.39 is 0 Å². The maximum atomic E-state index is 9.91. The van der Waals surface area contributed by atoms with Crippen molar-refractivity contribution in [2.45, 2.75) is 31.8 Å². The molecule has 19 heavy (non-hydrogen) atoms. The molecule has 100 valence electrons. The molecule has 1 aliphatic rings. The molecule has 0 saturated carbocycles. The number of fused-ring (bicyclic) bond motifs is 1. The molecule has 0 spiro atoms. The maximum absolute atomic E-state index is 9.91. The zero-order chi connectivity index (χ0) is 13.1. The number of ether oxygens (including phenoxy) is 1. The van der Waals surface area contributed by atoms with Gasteiger partial charge < -0.3 is 9.84 Å². The minimum Gasteiger partial charge on any atom is -0.493 e. The van der Waals surface area contributed by atoms with Gasteiger partial charge >= 0.3 is 0 Å². The third kappa shape index (κ3) is 2.99. The van der Waals surface area contributed by atoms with Crippen LogP contribution in [0.4, 0.5) is 0 Å². The number of hydrogen-bond donors (Lipinski definition) is 1. The summed E-state index contributed by atoms with van der Waals surface area (Å²) in [5.74, 6) is 0.921. The highest BCUT2D eigenvalue weighted by Crippen LogP contribution is 2.31. The number of rotatable bonds is 4. The number of aliphatic hydroxyl groups excluding tert-OH is 1. The predicted octanol–water partition coefficient (Wildman–Crippen LogP) is 3.74. The van der Waals surface area contributed by atoms with Gasteiger partial charge in [-0.3, -0.25) is 0 Å². The highest BCUT2D eigenvalue weighted by molar-refractivity contribution is 7.09. The Bertz CT molecular complexity index is 534. The van der Waals surface area contributed by atoms with Gasteiger partial charge in [0, 0.05) is 11.3 Å². The van der Waals surface area contributed by atoms with E-state index in [-0.39, 0.29) is 6.10 Å². The summed E-state index contributed by atoms with van der Waals surface area (Å²) in [6.07, 6.45) is 3.66. The second-order valence-electron chi connectivity index (χ2n) is 4.95. The highest BCUT2D eigenvalue weighted by Gasteiger charge is 2.17. The molecule has 1 aromatic heterocycles. The van der Waals surface area contributed by atoms with E-state index in [0.717, 1.165) is 37.0 Å². The van der Waals surface area contributed by atoms with Crippen LogP contribution in [0.1, 0.15) is 34.9 Å². The molecule has 0 bridgehead atoms. The van der Waals surface area contributed by atoms with Crippen LogP contribution in [-0.4, -0.2) is 11.7 Å². The zero-order valence-corrected chi connectivity index (χ0v) is 11.7. The Balaban J connectivity index is 1.62. The minimum absolute atomic E-state index is 0.288. The van der Waals surface area contributed by atoms with Crippen molar-refractivity contribution in [3.8, 4) is 5.75 Å². The number of aliphatic hydroxyl groups is 1. The second-order valence-corrected chi connectivity index (χ2v) is 5.98. The van der Waals surface area contributed by atoms with E-state index in [9.17, 15) is 5.11 Å². The fourth-order valence-corrected chi connectivity index (χ4v) is 3.27. The molecule has 1 unspecified atom stereocenters. The molecule has 1 atom stereocenters. The second kappa shape index (κ2) is 5.76. The SMILES string of the molecule is OC1CCCc2cc(OCCc3cccs3)ccc21. The Morgan fingerprint density at radius 3 is 3.11 bits per heavy atom. The van der Waals surface area contributed by atoms with E-state index >= 15 is 0 Å². The lowest BCUT2D eigenvalue weighted by molar-refractivity contribution is 0.156. The van der Waals surface area contributed by atoms with Crippen LogP contribution < -0.4 is 4.74 Å². The van der Waals surface area contributed by atoms with Gasteiger partial charge in [0.25, 0.3) is 0 Å². The lowest BCUT2D eigenvalue weighted by Gasteiger charge is -2.21. The first kappa shape index (κ1) is 12.7. The fourth-order valence-electron chi connectivity index (χ4n) is 2.58. The summed E-state index contributed by atoms with van der Waals surface area (Å²) in [5.41, 5.74) is 2.32. The quantitative estimate of drug-likeness (QED) is 0.920. The molecule has 0 fully saturated rings. The smallest absolute Gasteiger partial charge is 0.119 e. The predicted molar refractivity (Wildman–Crippen MR) is 77.9 cm³/mol. The molecule has 3 heteroatoms. The van der Waals surface area contributed by atoms with Crippen molar-refractivity contribution < 1.29 is 9.84 Å². The van der Waals surface area contributed by atoms with E-state index in [1.807, 2.05) is 12.1 Å². The summed E-state index contributed by atoms with van der Waals surface area (Å²) in [7, 11) is 0. The van der Waals surface area contributed by atoms with Crippen molar-refractivity contribution in [1.82, 2.24) is 0 Å². The molecule has 1 aromatic carbocycles. The largest absolute Gasteiger partial charge is 0.493 e. The van der Waals surface area contributed by atoms with Crippen LogP contribution in [0.5, 0.6) is 5.75 Å². The van der Waals surface area contributed by atoms with Crippen molar-refractivity contribution in [1.29, 1.82) is 0 Å². The molecule has 0 radical (unpaired) electrons. The molecule has 3 rings (SSSR count). The van der Waals surface area contributed by atoms with E-state index in [4.69, 9.17) is 4.74 Å².